The monoisotopic (exact) mass is 627 g/mol. The molecule has 5 rings (SSSR count). The molecule has 0 radical (unpaired) electrons. The van der Waals surface area contributed by atoms with Gasteiger partial charge in [0, 0.05) is 23.4 Å². The summed E-state index contributed by atoms with van der Waals surface area (Å²) in [6, 6.07) is 9.52. The Balaban J connectivity index is 1.44. The van der Waals surface area contributed by atoms with Crippen molar-refractivity contribution in [3.63, 3.8) is 0 Å². The number of aromatic nitrogens is 4. The second kappa shape index (κ2) is 13.5. The van der Waals surface area contributed by atoms with E-state index in [1.54, 1.807) is 24.4 Å². The van der Waals surface area contributed by atoms with Crippen LogP contribution in [-0.2, 0) is 27.2 Å². The first-order valence-electron chi connectivity index (χ1n) is 14.4. The molecular weight excluding hydrogens is 594 g/mol. The van der Waals surface area contributed by atoms with Crippen LogP contribution in [0.1, 0.15) is 55.2 Å². The van der Waals surface area contributed by atoms with E-state index in [9.17, 15) is 19.2 Å². The van der Waals surface area contributed by atoms with Gasteiger partial charge in [-0.05, 0) is 73.8 Å². The number of nitrogens with zero attached hydrogens (tertiary/aromatic N) is 6. The topological polar surface area (TPSA) is 223 Å². The summed E-state index contributed by atoms with van der Waals surface area (Å²) in [7, 11) is 2.44. The summed E-state index contributed by atoms with van der Waals surface area (Å²) in [4.78, 5) is 72.7. The quantitative estimate of drug-likeness (QED) is 0.167. The lowest BCUT2D eigenvalue weighted by molar-refractivity contribution is -0.145. The minimum atomic E-state index is -1.23. The first-order chi connectivity index (χ1) is 22.1. The maximum absolute atomic E-state index is 14.1. The van der Waals surface area contributed by atoms with Crippen LogP contribution in [0.3, 0.4) is 0 Å². The number of rotatable bonds is 10. The molecule has 3 heterocycles. The largest absolute Gasteiger partial charge is 0.467 e. The van der Waals surface area contributed by atoms with Crippen LogP contribution >= 0.6 is 0 Å². The van der Waals surface area contributed by atoms with Crippen LogP contribution in [0.4, 0.5) is 17.5 Å². The molecule has 238 valence electrons. The molecular formula is C31H33N9O6. The van der Waals surface area contributed by atoms with Gasteiger partial charge in [0.05, 0.1) is 38.2 Å². The molecule has 4 aromatic rings. The lowest BCUT2D eigenvalue weighted by Crippen LogP contribution is -2.49. The van der Waals surface area contributed by atoms with Crippen LogP contribution in [0.5, 0.6) is 0 Å². The van der Waals surface area contributed by atoms with Gasteiger partial charge in [0.2, 0.25) is 5.95 Å². The Morgan fingerprint density at radius 1 is 0.935 bits per heavy atom. The molecule has 2 aromatic heterocycles. The second-order valence-corrected chi connectivity index (χ2v) is 10.5. The number of carbonyl (C=O) groups is 4. The number of methoxy groups -OCH3 is 2. The van der Waals surface area contributed by atoms with Crippen LogP contribution in [0, 0.1) is 0 Å². The minimum absolute atomic E-state index is 0.0138. The predicted octanol–water partition coefficient (Wildman–Crippen LogP) is 1.50. The van der Waals surface area contributed by atoms with Gasteiger partial charge in [0.25, 0.3) is 11.8 Å². The van der Waals surface area contributed by atoms with Crippen molar-refractivity contribution in [3.05, 3.63) is 76.6 Å². The van der Waals surface area contributed by atoms with Crippen molar-refractivity contribution in [2.24, 2.45) is 5.73 Å². The van der Waals surface area contributed by atoms with Gasteiger partial charge in [-0.1, -0.05) is 0 Å². The van der Waals surface area contributed by atoms with E-state index in [4.69, 9.17) is 26.7 Å². The molecule has 0 aliphatic carbocycles. The number of ether oxygens (including phenoxy) is 2. The molecule has 2 aromatic carbocycles. The third kappa shape index (κ3) is 6.39. The molecule has 15 heteroatoms. The van der Waals surface area contributed by atoms with E-state index in [-0.39, 0.29) is 41.4 Å². The summed E-state index contributed by atoms with van der Waals surface area (Å²) in [6.45, 7) is 1.28. The highest BCUT2D eigenvalue weighted by Gasteiger charge is 2.37. The average Bonchev–Trinajstić information content (AvgIpc) is 3.47. The average molecular weight is 628 g/mol. The van der Waals surface area contributed by atoms with Gasteiger partial charge in [-0.15, -0.1) is 0 Å². The molecule has 46 heavy (non-hydrogen) atoms. The van der Waals surface area contributed by atoms with Crippen molar-refractivity contribution in [2.75, 3.05) is 43.7 Å². The minimum Gasteiger partial charge on any atom is -0.467 e. The van der Waals surface area contributed by atoms with Gasteiger partial charge in [0.15, 0.2) is 17.0 Å². The molecule has 1 atom stereocenters. The molecule has 0 spiro atoms. The number of anilines is 3. The Kier molecular flexibility index (Phi) is 9.32. The fourth-order valence-electron chi connectivity index (χ4n) is 5.34. The molecule has 2 amide bonds. The zero-order chi connectivity index (χ0) is 33.0. The Hall–Kier alpha value is -5.70. The Labute approximate surface area is 263 Å². The van der Waals surface area contributed by atoms with Gasteiger partial charge >= 0.3 is 11.9 Å². The molecule has 0 unspecified atom stereocenters. The normalized spacial score (nSPS) is 12.8. The van der Waals surface area contributed by atoms with Gasteiger partial charge < -0.3 is 31.6 Å². The van der Waals surface area contributed by atoms with Crippen LogP contribution in [0.25, 0.3) is 11.2 Å². The number of benzene rings is 2. The highest BCUT2D eigenvalue weighted by molar-refractivity contribution is 6.12. The highest BCUT2D eigenvalue weighted by atomic mass is 16.5. The third-order valence-corrected chi connectivity index (χ3v) is 7.63. The van der Waals surface area contributed by atoms with Gasteiger partial charge in [0.1, 0.15) is 6.04 Å². The van der Waals surface area contributed by atoms with E-state index in [2.05, 4.69) is 24.8 Å². The maximum atomic E-state index is 14.1. The fraction of sp³-hybridized carbons (Fsp3) is 0.290. The number of hydrogen-bond acceptors (Lipinski definition) is 14. The van der Waals surface area contributed by atoms with Crippen molar-refractivity contribution in [3.8, 4) is 0 Å². The number of nitrogens with two attached hydrogens (primary N) is 3. The maximum Gasteiger partial charge on any atom is 0.337 e. The van der Waals surface area contributed by atoms with Gasteiger partial charge in [-0.2, -0.15) is 9.97 Å². The Morgan fingerprint density at radius 2 is 1.63 bits per heavy atom. The number of hydrogen-bond donors (Lipinski definition) is 3. The zero-order valence-electron chi connectivity index (χ0n) is 25.3. The van der Waals surface area contributed by atoms with Crippen LogP contribution in [-0.4, -0.2) is 81.9 Å². The fourth-order valence-corrected chi connectivity index (χ4v) is 5.34. The van der Waals surface area contributed by atoms with Crippen molar-refractivity contribution < 1.29 is 28.7 Å². The van der Waals surface area contributed by atoms with E-state index in [0.29, 0.717) is 42.8 Å². The van der Waals surface area contributed by atoms with E-state index in [0.717, 1.165) is 16.2 Å². The lowest BCUT2D eigenvalue weighted by Gasteiger charge is -2.29. The molecule has 15 nitrogen and oxygen atoms in total. The molecule has 0 bridgehead atoms. The predicted molar refractivity (Wildman–Crippen MR) is 168 cm³/mol. The number of amides is 2. The number of fused-ring (bicyclic) bond motifs is 2. The molecule has 1 aliphatic rings. The van der Waals surface area contributed by atoms with Gasteiger partial charge in [-0.3, -0.25) is 14.5 Å². The van der Waals surface area contributed by atoms with Crippen molar-refractivity contribution >= 4 is 52.4 Å². The molecule has 1 aliphatic heterocycles. The van der Waals surface area contributed by atoms with E-state index < -0.39 is 29.8 Å². The van der Waals surface area contributed by atoms with E-state index in [1.807, 2.05) is 0 Å². The highest BCUT2D eigenvalue weighted by Crippen LogP contribution is 2.31. The van der Waals surface area contributed by atoms with Crippen molar-refractivity contribution in [1.29, 1.82) is 0 Å². The van der Waals surface area contributed by atoms with Gasteiger partial charge in [-0.25, -0.2) is 19.6 Å². The van der Waals surface area contributed by atoms with E-state index in [1.165, 1.54) is 38.5 Å². The smallest absolute Gasteiger partial charge is 0.337 e. The molecule has 0 saturated carbocycles. The third-order valence-electron chi connectivity index (χ3n) is 7.63. The molecule has 0 fully saturated rings. The number of nitrogen functional groups attached to an aromatic ring is 2. The summed E-state index contributed by atoms with van der Waals surface area (Å²) < 4.78 is 9.71. The first kappa shape index (κ1) is 31.7. The van der Waals surface area contributed by atoms with Crippen LogP contribution in [0.15, 0.2) is 48.7 Å². The van der Waals surface area contributed by atoms with Crippen molar-refractivity contribution in [2.45, 2.75) is 31.8 Å². The second-order valence-electron chi connectivity index (χ2n) is 10.5. The summed E-state index contributed by atoms with van der Waals surface area (Å²) >= 11 is 0. The lowest BCUT2D eigenvalue weighted by atomic mass is 10.0. The van der Waals surface area contributed by atoms with E-state index >= 15 is 0 Å². The number of imide groups is 1. The van der Waals surface area contributed by atoms with Crippen LogP contribution < -0.4 is 22.1 Å². The Morgan fingerprint density at radius 3 is 2.33 bits per heavy atom. The first-order valence-corrected chi connectivity index (χ1v) is 14.4. The Bertz CT molecular complexity index is 1810. The molecule has 6 N–H and O–H groups in total. The molecule has 0 saturated heterocycles. The summed E-state index contributed by atoms with van der Waals surface area (Å²) in [5.74, 6) is -2.58. The van der Waals surface area contributed by atoms with Crippen molar-refractivity contribution in [1.82, 2.24) is 24.8 Å². The summed E-state index contributed by atoms with van der Waals surface area (Å²) in [6.07, 6.45) is 2.68. The summed E-state index contributed by atoms with van der Waals surface area (Å²) in [5, 5.41) is 0. The van der Waals surface area contributed by atoms with Crippen LogP contribution in [0.2, 0.25) is 0 Å². The number of carbonyl (C=O) groups excluding carboxylic acids is 4. The number of esters is 2. The zero-order valence-corrected chi connectivity index (χ0v) is 25.3. The summed E-state index contributed by atoms with van der Waals surface area (Å²) in [5.41, 5.74) is 20.9. The standard InChI is InChI=1S/C31H33N9O6/c1-45-29(43)18-7-5-17(6-8-18)27(41)40(23(4-3-12-32)30(44)46-2)28(42)20-9-10-22-19(14-20)11-13-39(22)16-21-15-35-26-24(36-21)25(33)37-31(34)38-26/h5-10,14-15,23H,3-4,11-13,16,32H2,1-2H3,(H4,33,34,35,37,38)/t23-/m0/s1. The SMILES string of the molecule is COC(=O)c1ccc(C(=O)N(C(=O)c2ccc3c(c2)CCN3Cc2cnc3nc(N)nc(N)c3n2)[C@@H](CCCN)C(=O)OC)cc1.